The number of phenols is 1. The first-order valence-corrected chi connectivity index (χ1v) is 9.02. The number of aromatic nitrogens is 5. The molecule has 4 rings (SSSR count). The molecule has 8 heteroatoms. The molecule has 0 bridgehead atoms. The smallest absolute Gasteiger partial charge is 0.208 e. The highest BCUT2D eigenvalue weighted by molar-refractivity contribution is 6.33. The van der Waals surface area contributed by atoms with Crippen LogP contribution in [0.3, 0.4) is 0 Å². The maximum Gasteiger partial charge on any atom is 0.208 e. The predicted octanol–water partition coefficient (Wildman–Crippen LogP) is 3.84. The van der Waals surface area contributed by atoms with Crippen molar-refractivity contribution in [1.29, 1.82) is 0 Å². The molecule has 142 valence electrons. The number of carbonyl (C=O) groups is 1. The van der Waals surface area contributed by atoms with Gasteiger partial charge in [0.2, 0.25) is 5.82 Å². The van der Waals surface area contributed by atoms with Crippen LogP contribution in [-0.4, -0.2) is 36.5 Å². The number of carbonyl (C=O) groups excluding carboxylic acids is 1. The molecule has 1 aliphatic rings. The van der Waals surface area contributed by atoms with Gasteiger partial charge in [-0.3, -0.25) is 4.79 Å². The third-order valence-electron chi connectivity index (χ3n) is 5.26. The molecule has 3 N–H and O–H groups in total. The number of nitrogens with one attached hydrogen (secondary N) is 2. The molecule has 28 heavy (non-hydrogen) atoms. The predicted molar refractivity (Wildman–Crippen MR) is 106 cm³/mol. The highest BCUT2D eigenvalue weighted by Gasteiger charge is 2.41. The molecule has 0 unspecified atom stereocenters. The van der Waals surface area contributed by atoms with Crippen molar-refractivity contribution in [3.63, 3.8) is 0 Å². The van der Waals surface area contributed by atoms with Crippen LogP contribution in [0.2, 0.25) is 0 Å². The molecule has 0 radical (unpaired) electrons. The Morgan fingerprint density at radius 2 is 2.07 bits per heavy atom. The molecule has 0 amide bonds. The van der Waals surface area contributed by atoms with Crippen molar-refractivity contribution in [2.45, 2.75) is 26.2 Å². The Labute approximate surface area is 166 Å². The van der Waals surface area contributed by atoms with Crippen LogP contribution >= 0.6 is 11.6 Å². The van der Waals surface area contributed by atoms with Crippen LogP contribution in [0.5, 0.6) is 5.75 Å². The Kier molecular flexibility index (Phi) is 4.01. The average Bonchev–Trinajstić information content (AvgIpc) is 3.29. The summed E-state index contributed by atoms with van der Waals surface area (Å²) in [6, 6.07) is 3.23. The summed E-state index contributed by atoms with van der Waals surface area (Å²) in [4.78, 5) is 16.7. The fourth-order valence-electron chi connectivity index (χ4n) is 3.72. The van der Waals surface area contributed by atoms with E-state index in [1.807, 2.05) is 20.8 Å². The molecular formula is C20H18ClN5O2. The Morgan fingerprint density at radius 3 is 2.71 bits per heavy atom. The number of halogens is 1. The SMILES string of the molecule is C=C/C(Cl)=C\c1[nH]c2c(c1C)C(=O)c1cc(-c3nn[nH]n3)c(O)cc1C2(C)C. The summed E-state index contributed by atoms with van der Waals surface area (Å²) in [5.74, 6) is 0.0867. The molecule has 2 heterocycles. The molecule has 2 aromatic heterocycles. The quantitative estimate of drug-likeness (QED) is 0.584. The number of tetrazole rings is 1. The van der Waals surface area contributed by atoms with Gasteiger partial charge >= 0.3 is 0 Å². The van der Waals surface area contributed by atoms with Gasteiger partial charge in [0, 0.05) is 33.0 Å². The number of fused-ring (bicyclic) bond motifs is 2. The Balaban J connectivity index is 1.97. The Hall–Kier alpha value is -3.19. The van der Waals surface area contributed by atoms with Crippen LogP contribution in [0, 0.1) is 6.92 Å². The van der Waals surface area contributed by atoms with Crippen LogP contribution < -0.4 is 0 Å². The average molecular weight is 396 g/mol. The molecule has 7 nitrogen and oxygen atoms in total. The first kappa shape index (κ1) is 18.2. The monoisotopic (exact) mass is 395 g/mol. The second-order valence-corrected chi connectivity index (χ2v) is 7.69. The summed E-state index contributed by atoms with van der Waals surface area (Å²) in [7, 11) is 0. The van der Waals surface area contributed by atoms with E-state index in [4.69, 9.17) is 11.6 Å². The van der Waals surface area contributed by atoms with E-state index < -0.39 is 5.41 Å². The Morgan fingerprint density at radius 1 is 1.32 bits per heavy atom. The van der Waals surface area contributed by atoms with E-state index >= 15 is 0 Å². The number of ketones is 1. The van der Waals surface area contributed by atoms with E-state index in [1.165, 1.54) is 6.08 Å². The van der Waals surface area contributed by atoms with Gasteiger partial charge in [0.15, 0.2) is 5.78 Å². The summed E-state index contributed by atoms with van der Waals surface area (Å²) < 4.78 is 0. The van der Waals surface area contributed by atoms with E-state index in [0.29, 0.717) is 21.7 Å². The molecule has 0 saturated carbocycles. The maximum atomic E-state index is 13.4. The molecule has 3 aromatic rings. The summed E-state index contributed by atoms with van der Waals surface area (Å²) >= 11 is 6.11. The second kappa shape index (κ2) is 6.17. The topological polar surface area (TPSA) is 108 Å². The maximum absolute atomic E-state index is 13.4. The number of rotatable bonds is 3. The van der Waals surface area contributed by atoms with Crippen molar-refractivity contribution in [3.8, 4) is 17.1 Å². The third-order valence-corrected chi connectivity index (χ3v) is 5.52. The number of phenolic OH excluding ortho intramolecular Hbond substituents is 1. The van der Waals surface area contributed by atoms with Crippen LogP contribution in [0.15, 0.2) is 29.8 Å². The van der Waals surface area contributed by atoms with Gasteiger partial charge in [0.05, 0.1) is 5.56 Å². The Bertz CT molecular complexity index is 1160. The van der Waals surface area contributed by atoms with E-state index in [-0.39, 0.29) is 17.4 Å². The molecule has 0 aliphatic heterocycles. The molecular weight excluding hydrogens is 378 g/mol. The zero-order valence-electron chi connectivity index (χ0n) is 15.6. The minimum absolute atomic E-state index is 0.0115. The van der Waals surface area contributed by atoms with Crippen molar-refractivity contribution in [3.05, 3.63) is 63.5 Å². The normalized spacial score (nSPS) is 15.3. The summed E-state index contributed by atoms with van der Waals surface area (Å²) in [5.41, 5.74) is 4.01. The lowest BCUT2D eigenvalue weighted by molar-refractivity contribution is 0.103. The first-order chi connectivity index (χ1) is 13.3. The van der Waals surface area contributed by atoms with Gasteiger partial charge in [0.25, 0.3) is 0 Å². The standard InChI is InChI=1S/C20H18ClN5O2/c1-5-10(21)6-14-9(2)16-17(28)11-7-12(19-23-25-26-24-19)15(27)8-13(11)20(3,4)18(16)22-14/h5-8,22,27H,1H2,2-4H3,(H,23,24,25,26)/b10-6+. The van der Waals surface area contributed by atoms with E-state index in [0.717, 1.165) is 22.5 Å². The fourth-order valence-corrected chi connectivity index (χ4v) is 3.83. The number of H-pyrrole nitrogens is 2. The highest BCUT2D eigenvalue weighted by atomic mass is 35.5. The van der Waals surface area contributed by atoms with Crippen LogP contribution in [0.25, 0.3) is 17.5 Å². The van der Waals surface area contributed by atoms with E-state index in [2.05, 4.69) is 32.2 Å². The van der Waals surface area contributed by atoms with Crippen LogP contribution in [-0.2, 0) is 5.41 Å². The van der Waals surface area contributed by atoms with Gasteiger partial charge in [0.1, 0.15) is 5.75 Å². The number of allylic oxidation sites excluding steroid dienone is 2. The molecule has 0 atom stereocenters. The largest absolute Gasteiger partial charge is 0.507 e. The number of benzene rings is 1. The van der Waals surface area contributed by atoms with Gasteiger partial charge in [-0.05, 0) is 41.5 Å². The number of aromatic amines is 2. The van der Waals surface area contributed by atoms with Crippen LogP contribution in [0.1, 0.15) is 52.3 Å². The van der Waals surface area contributed by atoms with Gasteiger partial charge in [-0.1, -0.05) is 38.1 Å². The van der Waals surface area contributed by atoms with Crippen LogP contribution in [0.4, 0.5) is 0 Å². The van der Waals surface area contributed by atoms with Crippen molar-refractivity contribution in [2.75, 3.05) is 0 Å². The third kappa shape index (κ3) is 2.51. The summed E-state index contributed by atoms with van der Waals surface area (Å²) in [6.07, 6.45) is 3.29. The summed E-state index contributed by atoms with van der Waals surface area (Å²) in [5, 5.41) is 24.7. The van der Waals surface area contributed by atoms with Crippen molar-refractivity contribution >= 4 is 23.5 Å². The lowest BCUT2D eigenvalue weighted by Crippen LogP contribution is -2.30. The lowest BCUT2D eigenvalue weighted by Gasteiger charge is -2.32. The van der Waals surface area contributed by atoms with Gasteiger partial charge in [-0.2, -0.15) is 5.21 Å². The minimum Gasteiger partial charge on any atom is -0.507 e. The first-order valence-electron chi connectivity index (χ1n) is 8.64. The minimum atomic E-state index is -0.538. The van der Waals surface area contributed by atoms with Crippen molar-refractivity contribution in [2.24, 2.45) is 0 Å². The highest BCUT2D eigenvalue weighted by Crippen LogP contribution is 2.45. The van der Waals surface area contributed by atoms with Crippen molar-refractivity contribution < 1.29 is 9.90 Å². The molecule has 0 spiro atoms. The van der Waals surface area contributed by atoms with E-state index in [1.54, 1.807) is 18.2 Å². The van der Waals surface area contributed by atoms with E-state index in [9.17, 15) is 9.90 Å². The van der Waals surface area contributed by atoms with Crippen molar-refractivity contribution in [1.82, 2.24) is 25.6 Å². The number of nitrogens with zero attached hydrogens (tertiary/aromatic N) is 3. The van der Waals surface area contributed by atoms with Gasteiger partial charge in [-0.25, -0.2) is 0 Å². The zero-order chi connectivity index (χ0) is 20.2. The second-order valence-electron chi connectivity index (χ2n) is 7.25. The van der Waals surface area contributed by atoms with Gasteiger partial charge in [-0.15, -0.1) is 10.2 Å². The van der Waals surface area contributed by atoms with Gasteiger partial charge < -0.3 is 10.1 Å². The number of hydrogen-bond donors (Lipinski definition) is 3. The number of hydrogen-bond acceptors (Lipinski definition) is 5. The number of aromatic hydroxyl groups is 1. The fraction of sp³-hybridized carbons (Fsp3) is 0.200. The zero-order valence-corrected chi connectivity index (χ0v) is 16.3. The summed E-state index contributed by atoms with van der Waals surface area (Å²) in [6.45, 7) is 9.55. The molecule has 0 saturated heterocycles. The molecule has 0 fully saturated rings. The molecule has 1 aliphatic carbocycles. The lowest BCUT2D eigenvalue weighted by atomic mass is 9.70. The molecule has 1 aromatic carbocycles.